The number of benzene rings is 1. The first-order valence-corrected chi connectivity index (χ1v) is 6.77. The Morgan fingerprint density at radius 1 is 1.45 bits per heavy atom. The summed E-state index contributed by atoms with van der Waals surface area (Å²) in [5, 5.41) is 10.8. The maximum absolute atomic E-state index is 12.2. The minimum atomic E-state index is -4.52. The third kappa shape index (κ3) is 5.29. The van der Waals surface area contributed by atoms with E-state index >= 15 is 0 Å². The van der Waals surface area contributed by atoms with Crippen molar-refractivity contribution in [2.75, 3.05) is 12.9 Å². The summed E-state index contributed by atoms with van der Waals surface area (Å²) in [4.78, 5) is 20.8. The van der Waals surface area contributed by atoms with Crippen LogP contribution in [-0.4, -0.2) is 29.3 Å². The maximum atomic E-state index is 12.2. The SMILES string of the molecule is COC(=O)CSc1ccc(SC(F)(F)F)cc1[N+](=O)[O-]. The number of carbonyl (C=O) groups is 1. The number of methoxy groups -OCH3 is 1. The summed E-state index contributed by atoms with van der Waals surface area (Å²) in [6, 6.07) is 3.13. The van der Waals surface area contributed by atoms with Gasteiger partial charge in [0, 0.05) is 11.0 Å². The van der Waals surface area contributed by atoms with Gasteiger partial charge in [-0.15, -0.1) is 11.8 Å². The van der Waals surface area contributed by atoms with Gasteiger partial charge in [0.1, 0.15) is 0 Å². The van der Waals surface area contributed by atoms with Crippen molar-refractivity contribution in [3.63, 3.8) is 0 Å². The molecule has 5 nitrogen and oxygen atoms in total. The molecule has 0 amide bonds. The number of thioether (sulfide) groups is 2. The van der Waals surface area contributed by atoms with Crippen LogP contribution in [0.3, 0.4) is 0 Å². The summed E-state index contributed by atoms with van der Waals surface area (Å²) < 4.78 is 41.0. The lowest BCUT2D eigenvalue weighted by Crippen LogP contribution is -2.04. The van der Waals surface area contributed by atoms with Crippen LogP contribution >= 0.6 is 23.5 Å². The Hall–Kier alpha value is -1.42. The van der Waals surface area contributed by atoms with Crippen molar-refractivity contribution in [2.24, 2.45) is 0 Å². The van der Waals surface area contributed by atoms with Crippen LogP contribution < -0.4 is 0 Å². The van der Waals surface area contributed by atoms with E-state index in [9.17, 15) is 28.1 Å². The first-order valence-electron chi connectivity index (χ1n) is 4.96. The molecule has 0 unspecified atom stereocenters. The first kappa shape index (κ1) is 16.6. The molecule has 0 aliphatic carbocycles. The smallest absolute Gasteiger partial charge is 0.446 e. The molecule has 110 valence electrons. The number of nitrogens with zero attached hydrogens (tertiary/aromatic N) is 1. The number of alkyl halides is 3. The third-order valence-corrected chi connectivity index (χ3v) is 3.69. The molecule has 0 aliphatic rings. The van der Waals surface area contributed by atoms with Gasteiger partial charge < -0.3 is 4.74 Å². The van der Waals surface area contributed by atoms with E-state index in [2.05, 4.69) is 4.74 Å². The van der Waals surface area contributed by atoms with Gasteiger partial charge in [-0.3, -0.25) is 14.9 Å². The van der Waals surface area contributed by atoms with Crippen molar-refractivity contribution < 1.29 is 27.6 Å². The molecule has 1 aromatic carbocycles. The van der Waals surface area contributed by atoms with Gasteiger partial charge in [0.15, 0.2) is 0 Å². The third-order valence-electron chi connectivity index (χ3n) is 1.93. The summed E-state index contributed by atoms with van der Waals surface area (Å²) in [6.45, 7) is 0. The Morgan fingerprint density at radius 3 is 2.60 bits per heavy atom. The molecule has 0 N–H and O–H groups in total. The molecule has 20 heavy (non-hydrogen) atoms. The van der Waals surface area contributed by atoms with E-state index in [-0.39, 0.29) is 15.5 Å². The zero-order valence-corrected chi connectivity index (χ0v) is 11.6. The van der Waals surface area contributed by atoms with Crippen molar-refractivity contribution >= 4 is 35.2 Å². The molecule has 0 aliphatic heterocycles. The number of nitro benzene ring substituents is 1. The van der Waals surface area contributed by atoms with Gasteiger partial charge in [0.05, 0.1) is 22.7 Å². The Kier molecular flexibility index (Phi) is 5.69. The van der Waals surface area contributed by atoms with Crippen molar-refractivity contribution in [2.45, 2.75) is 15.3 Å². The number of nitro groups is 1. The van der Waals surface area contributed by atoms with E-state index in [0.29, 0.717) is 0 Å². The average molecular weight is 327 g/mol. The number of ether oxygens (including phenoxy) is 1. The Balaban J connectivity index is 2.96. The highest BCUT2D eigenvalue weighted by Gasteiger charge is 2.30. The summed E-state index contributed by atoms with van der Waals surface area (Å²) >= 11 is 0.393. The number of rotatable bonds is 5. The Bertz CT molecular complexity index is 522. The molecule has 0 aromatic heterocycles. The monoisotopic (exact) mass is 327 g/mol. The van der Waals surface area contributed by atoms with Crippen LogP contribution in [0.15, 0.2) is 28.0 Å². The molecule has 0 heterocycles. The second-order valence-corrected chi connectivity index (χ2v) is 5.45. The van der Waals surface area contributed by atoms with Crippen LogP contribution in [0, 0.1) is 10.1 Å². The largest absolute Gasteiger partial charge is 0.468 e. The fourth-order valence-corrected chi connectivity index (χ4v) is 2.57. The zero-order valence-electron chi connectivity index (χ0n) is 9.97. The van der Waals surface area contributed by atoms with E-state index in [1.165, 1.54) is 13.2 Å². The fourth-order valence-electron chi connectivity index (χ4n) is 1.15. The Morgan fingerprint density at radius 2 is 2.10 bits per heavy atom. The standard InChI is InChI=1S/C10H8F3NO4S2/c1-18-9(15)5-19-8-3-2-6(20-10(11,12)13)4-7(8)14(16)17/h2-4H,5H2,1H3. The van der Waals surface area contributed by atoms with Crippen molar-refractivity contribution in [3.8, 4) is 0 Å². The predicted molar refractivity (Wildman–Crippen MR) is 67.7 cm³/mol. The van der Waals surface area contributed by atoms with Crippen LogP contribution in [0.4, 0.5) is 18.9 Å². The molecule has 0 fully saturated rings. The quantitative estimate of drug-likeness (QED) is 0.357. The van der Waals surface area contributed by atoms with Gasteiger partial charge >= 0.3 is 11.5 Å². The number of hydrogen-bond donors (Lipinski definition) is 0. The van der Waals surface area contributed by atoms with E-state index < -0.39 is 33.9 Å². The highest BCUT2D eigenvalue weighted by atomic mass is 32.2. The molecular formula is C10H8F3NO4S2. The second kappa shape index (κ2) is 6.84. The Labute approximate surface area is 120 Å². The molecule has 10 heteroatoms. The number of esters is 1. The lowest BCUT2D eigenvalue weighted by atomic mass is 10.3. The summed E-state index contributed by atoms with van der Waals surface area (Å²) in [5.74, 6) is -0.749. The first-order chi connectivity index (χ1) is 9.23. The fraction of sp³-hybridized carbons (Fsp3) is 0.300. The highest BCUT2D eigenvalue weighted by molar-refractivity contribution is 8.00. The van der Waals surface area contributed by atoms with E-state index in [0.717, 1.165) is 23.9 Å². The van der Waals surface area contributed by atoms with Gasteiger partial charge in [0.2, 0.25) is 0 Å². The van der Waals surface area contributed by atoms with Crippen molar-refractivity contribution in [1.29, 1.82) is 0 Å². The normalized spacial score (nSPS) is 11.2. The summed E-state index contributed by atoms with van der Waals surface area (Å²) in [5.41, 5.74) is -5.00. The van der Waals surface area contributed by atoms with Crippen molar-refractivity contribution in [1.82, 2.24) is 0 Å². The maximum Gasteiger partial charge on any atom is 0.446 e. The average Bonchev–Trinajstić information content (AvgIpc) is 2.34. The van der Waals surface area contributed by atoms with Crippen LogP contribution in [0.25, 0.3) is 0 Å². The lowest BCUT2D eigenvalue weighted by molar-refractivity contribution is -0.387. The highest BCUT2D eigenvalue weighted by Crippen LogP contribution is 2.40. The van der Waals surface area contributed by atoms with Crippen LogP contribution in [-0.2, 0) is 9.53 Å². The van der Waals surface area contributed by atoms with Gasteiger partial charge in [-0.05, 0) is 23.9 Å². The molecule has 0 atom stereocenters. The van der Waals surface area contributed by atoms with Gasteiger partial charge in [-0.2, -0.15) is 13.2 Å². The van der Waals surface area contributed by atoms with E-state index in [1.807, 2.05) is 0 Å². The molecule has 0 spiro atoms. The number of hydrogen-bond acceptors (Lipinski definition) is 6. The number of carbonyl (C=O) groups excluding carboxylic acids is 1. The predicted octanol–water partition coefficient (Wildman–Crippen LogP) is 3.47. The van der Waals surface area contributed by atoms with Gasteiger partial charge in [0.25, 0.3) is 5.69 Å². The van der Waals surface area contributed by atoms with Gasteiger partial charge in [-0.1, -0.05) is 0 Å². The van der Waals surface area contributed by atoms with Crippen LogP contribution in [0.5, 0.6) is 0 Å². The molecule has 1 aromatic rings. The van der Waals surface area contributed by atoms with Crippen LogP contribution in [0.1, 0.15) is 0 Å². The summed E-state index contributed by atoms with van der Waals surface area (Å²) in [7, 11) is 1.17. The van der Waals surface area contributed by atoms with Crippen molar-refractivity contribution in [3.05, 3.63) is 28.3 Å². The topological polar surface area (TPSA) is 69.4 Å². The molecular weight excluding hydrogens is 319 g/mol. The van der Waals surface area contributed by atoms with Crippen LogP contribution in [0.2, 0.25) is 0 Å². The number of halogens is 3. The molecule has 0 saturated heterocycles. The summed E-state index contributed by atoms with van der Waals surface area (Å²) in [6.07, 6.45) is 0. The molecule has 0 bridgehead atoms. The van der Waals surface area contributed by atoms with Gasteiger partial charge in [-0.25, -0.2) is 0 Å². The molecule has 0 saturated carbocycles. The minimum absolute atomic E-state index is 0.104. The van der Waals surface area contributed by atoms with E-state index in [4.69, 9.17) is 0 Å². The minimum Gasteiger partial charge on any atom is -0.468 e. The molecule has 1 rings (SSSR count). The second-order valence-electron chi connectivity index (χ2n) is 3.30. The zero-order chi connectivity index (χ0) is 15.3. The molecule has 0 radical (unpaired) electrons. The lowest BCUT2D eigenvalue weighted by Gasteiger charge is -2.07. The van der Waals surface area contributed by atoms with E-state index in [1.54, 1.807) is 0 Å².